The molecule has 0 bridgehead atoms. The molecule has 0 atom stereocenters. The van der Waals surface area contributed by atoms with Crippen LogP contribution in [0.25, 0.3) is 5.69 Å². The summed E-state index contributed by atoms with van der Waals surface area (Å²) in [4.78, 5) is 14.8. The highest BCUT2D eigenvalue weighted by Crippen LogP contribution is 2.32. The number of anilines is 2. The van der Waals surface area contributed by atoms with E-state index < -0.39 is 0 Å². The van der Waals surface area contributed by atoms with Gasteiger partial charge in [-0.15, -0.1) is 10.2 Å². The highest BCUT2D eigenvalue weighted by Gasteiger charge is 2.24. The Morgan fingerprint density at radius 2 is 1.83 bits per heavy atom. The molecule has 1 aromatic heterocycles. The molecular weight excluding hydrogens is 418 g/mol. The number of aromatic nitrogens is 3. The van der Waals surface area contributed by atoms with Crippen LogP contribution in [0, 0.1) is 0 Å². The second-order valence-corrected chi connectivity index (χ2v) is 8.46. The van der Waals surface area contributed by atoms with E-state index in [2.05, 4.69) is 27.3 Å². The van der Waals surface area contributed by atoms with Crippen molar-refractivity contribution in [2.24, 2.45) is 0 Å². The van der Waals surface area contributed by atoms with E-state index in [0.717, 1.165) is 55.2 Å². The largest absolute Gasteiger partial charge is 0.341 e. The van der Waals surface area contributed by atoms with Crippen LogP contribution in [0.5, 0.6) is 0 Å². The zero-order valence-electron chi connectivity index (χ0n) is 16.8. The van der Waals surface area contributed by atoms with Crippen molar-refractivity contribution in [1.29, 1.82) is 0 Å². The number of aryl methyl sites for hydroxylation is 1. The first-order valence-corrected chi connectivity index (χ1v) is 11.5. The van der Waals surface area contributed by atoms with Gasteiger partial charge in [-0.2, -0.15) is 0 Å². The van der Waals surface area contributed by atoms with Crippen LogP contribution in [0.4, 0.5) is 11.6 Å². The predicted molar refractivity (Wildman–Crippen MR) is 123 cm³/mol. The summed E-state index contributed by atoms with van der Waals surface area (Å²) in [6.45, 7) is 3.97. The lowest BCUT2D eigenvalue weighted by Crippen LogP contribution is -2.22. The summed E-state index contributed by atoms with van der Waals surface area (Å²) < 4.78 is 1.96. The summed E-state index contributed by atoms with van der Waals surface area (Å²) in [6, 6.07) is 15.5. The lowest BCUT2D eigenvalue weighted by atomic mass is 10.1. The molecule has 8 heteroatoms. The second kappa shape index (κ2) is 9.53. The van der Waals surface area contributed by atoms with Crippen molar-refractivity contribution in [3.05, 3.63) is 59.1 Å². The maximum Gasteiger partial charge on any atom is 0.234 e. The van der Waals surface area contributed by atoms with E-state index in [-0.39, 0.29) is 11.7 Å². The maximum atomic E-state index is 12.6. The lowest BCUT2D eigenvalue weighted by molar-refractivity contribution is -0.113. The number of amides is 1. The Morgan fingerprint density at radius 1 is 1.10 bits per heavy atom. The molecule has 30 heavy (non-hydrogen) atoms. The Balaban J connectivity index is 1.55. The van der Waals surface area contributed by atoms with Gasteiger partial charge in [0, 0.05) is 18.8 Å². The molecule has 4 rings (SSSR count). The number of hydrogen-bond acceptors (Lipinski definition) is 5. The fourth-order valence-corrected chi connectivity index (χ4v) is 4.55. The fraction of sp³-hybridized carbons (Fsp3) is 0.318. The fourth-order valence-electron chi connectivity index (χ4n) is 3.59. The summed E-state index contributed by atoms with van der Waals surface area (Å²) in [6.07, 6.45) is 3.14. The van der Waals surface area contributed by atoms with Gasteiger partial charge in [-0.3, -0.25) is 9.36 Å². The highest BCUT2D eigenvalue weighted by atomic mass is 35.5. The van der Waals surface area contributed by atoms with E-state index in [1.54, 1.807) is 0 Å². The number of benzene rings is 2. The summed E-state index contributed by atoms with van der Waals surface area (Å²) in [5.74, 6) is 0.942. The van der Waals surface area contributed by atoms with Crippen LogP contribution in [-0.4, -0.2) is 39.5 Å². The summed E-state index contributed by atoms with van der Waals surface area (Å²) in [5, 5.41) is 13.1. The standard InChI is InChI=1S/C22H24ClN5OS/c1-2-16-9-3-5-11-18(16)24-20(29)15-30-22-26-25-21(27-13-7-8-14-27)28(22)19-12-6-4-10-17(19)23/h3-6,9-12H,2,7-8,13-15H2,1H3,(H,24,29). The second-order valence-electron chi connectivity index (χ2n) is 7.11. The van der Waals surface area contributed by atoms with Crippen LogP contribution in [0.15, 0.2) is 53.7 Å². The third kappa shape index (κ3) is 4.47. The average Bonchev–Trinajstić information content (AvgIpc) is 3.43. The number of rotatable bonds is 7. The molecule has 0 aliphatic carbocycles. The van der Waals surface area contributed by atoms with Crippen molar-refractivity contribution in [3.63, 3.8) is 0 Å². The lowest BCUT2D eigenvalue weighted by Gasteiger charge is -2.19. The summed E-state index contributed by atoms with van der Waals surface area (Å²) in [7, 11) is 0. The Hall–Kier alpha value is -2.51. The molecule has 156 valence electrons. The number of halogens is 1. The molecule has 0 unspecified atom stereocenters. The van der Waals surface area contributed by atoms with E-state index >= 15 is 0 Å². The number of para-hydroxylation sites is 2. The number of carbonyl (C=O) groups excluding carboxylic acids is 1. The monoisotopic (exact) mass is 441 g/mol. The summed E-state index contributed by atoms with van der Waals surface area (Å²) in [5.41, 5.74) is 2.80. The highest BCUT2D eigenvalue weighted by molar-refractivity contribution is 7.99. The first-order valence-electron chi connectivity index (χ1n) is 10.1. The number of thioether (sulfide) groups is 1. The van der Waals surface area contributed by atoms with Gasteiger partial charge in [0.2, 0.25) is 11.9 Å². The third-order valence-electron chi connectivity index (χ3n) is 5.10. The minimum atomic E-state index is -0.0719. The van der Waals surface area contributed by atoms with Crippen molar-refractivity contribution in [3.8, 4) is 5.69 Å². The van der Waals surface area contributed by atoms with Gasteiger partial charge in [0.1, 0.15) is 0 Å². The summed E-state index contributed by atoms with van der Waals surface area (Å²) >= 11 is 7.85. The molecule has 2 heterocycles. The van der Waals surface area contributed by atoms with E-state index in [9.17, 15) is 4.79 Å². The zero-order valence-corrected chi connectivity index (χ0v) is 18.4. The third-order valence-corrected chi connectivity index (χ3v) is 6.35. The Kier molecular flexibility index (Phi) is 6.59. The molecule has 6 nitrogen and oxygen atoms in total. The molecule has 1 amide bonds. The van der Waals surface area contributed by atoms with E-state index in [4.69, 9.17) is 11.6 Å². The quantitative estimate of drug-likeness (QED) is 0.533. The van der Waals surface area contributed by atoms with Gasteiger partial charge >= 0.3 is 0 Å². The van der Waals surface area contributed by atoms with Crippen molar-refractivity contribution < 1.29 is 4.79 Å². The van der Waals surface area contributed by atoms with Gasteiger partial charge in [-0.1, -0.05) is 60.6 Å². The van der Waals surface area contributed by atoms with E-state index in [0.29, 0.717) is 10.2 Å². The number of nitrogens with one attached hydrogen (secondary N) is 1. The molecule has 1 saturated heterocycles. The molecule has 1 aliphatic rings. The number of nitrogens with zero attached hydrogens (tertiary/aromatic N) is 4. The number of carbonyl (C=O) groups is 1. The normalized spacial score (nSPS) is 13.6. The van der Waals surface area contributed by atoms with E-state index in [1.165, 1.54) is 11.8 Å². The van der Waals surface area contributed by atoms with Crippen molar-refractivity contribution in [1.82, 2.24) is 14.8 Å². The van der Waals surface area contributed by atoms with Crippen LogP contribution in [0.2, 0.25) is 5.02 Å². The minimum absolute atomic E-state index is 0.0719. The van der Waals surface area contributed by atoms with Gasteiger partial charge in [0.05, 0.1) is 16.5 Å². The minimum Gasteiger partial charge on any atom is -0.341 e. The van der Waals surface area contributed by atoms with Gasteiger partial charge in [-0.05, 0) is 43.0 Å². The van der Waals surface area contributed by atoms with Crippen LogP contribution in [0.1, 0.15) is 25.3 Å². The van der Waals surface area contributed by atoms with E-state index in [1.807, 2.05) is 53.1 Å². The number of hydrogen-bond donors (Lipinski definition) is 1. The molecule has 3 aromatic rings. The maximum absolute atomic E-state index is 12.6. The first kappa shape index (κ1) is 20.8. The molecule has 0 radical (unpaired) electrons. The van der Waals surface area contributed by atoms with Crippen LogP contribution in [0.3, 0.4) is 0 Å². The average molecular weight is 442 g/mol. The molecule has 1 aliphatic heterocycles. The van der Waals surface area contributed by atoms with Gasteiger partial charge < -0.3 is 10.2 Å². The molecular formula is C22H24ClN5OS. The molecule has 1 N–H and O–H groups in total. The Labute approximate surface area is 185 Å². The Morgan fingerprint density at radius 3 is 2.60 bits per heavy atom. The van der Waals surface area contributed by atoms with Crippen molar-refractivity contribution >= 4 is 40.9 Å². The van der Waals surface area contributed by atoms with Crippen LogP contribution >= 0.6 is 23.4 Å². The van der Waals surface area contributed by atoms with Gasteiger partial charge in [-0.25, -0.2) is 0 Å². The SMILES string of the molecule is CCc1ccccc1NC(=O)CSc1nnc(N2CCCC2)n1-c1ccccc1Cl. The van der Waals surface area contributed by atoms with Crippen LogP contribution in [-0.2, 0) is 11.2 Å². The van der Waals surface area contributed by atoms with Crippen molar-refractivity contribution in [2.45, 2.75) is 31.3 Å². The van der Waals surface area contributed by atoms with Crippen LogP contribution < -0.4 is 10.2 Å². The molecule has 0 saturated carbocycles. The van der Waals surface area contributed by atoms with Gasteiger partial charge in [0.25, 0.3) is 0 Å². The molecule has 0 spiro atoms. The molecule has 2 aromatic carbocycles. The smallest absolute Gasteiger partial charge is 0.234 e. The van der Waals surface area contributed by atoms with Gasteiger partial charge in [0.15, 0.2) is 5.16 Å². The topological polar surface area (TPSA) is 63.1 Å². The zero-order chi connectivity index (χ0) is 20.9. The Bertz CT molecular complexity index is 1030. The van der Waals surface area contributed by atoms with Crippen molar-refractivity contribution in [2.75, 3.05) is 29.1 Å². The predicted octanol–water partition coefficient (Wildman–Crippen LogP) is 4.81. The first-order chi connectivity index (χ1) is 14.7. The molecule has 1 fully saturated rings.